The van der Waals surface area contributed by atoms with Gasteiger partial charge in [0.05, 0.1) is 0 Å². The van der Waals surface area contributed by atoms with E-state index in [4.69, 9.17) is 0 Å². The number of Topliss-reactive ketones (excluding diaryl/α,β-unsaturated/α-hetero) is 1. The number of carbonyl (C=O) groups excluding carboxylic acids is 1. The zero-order valence-electron chi connectivity index (χ0n) is 17.2. The summed E-state index contributed by atoms with van der Waals surface area (Å²) < 4.78 is 15.0. The van der Waals surface area contributed by atoms with E-state index in [0.717, 1.165) is 16.8 Å². The van der Waals surface area contributed by atoms with Gasteiger partial charge in [-0.25, -0.2) is 14.4 Å². The predicted octanol–water partition coefficient (Wildman–Crippen LogP) is 4.25. The molecule has 0 bridgehead atoms. The number of hydrogen-bond acceptors (Lipinski definition) is 6. The normalized spacial score (nSPS) is 10.8. The molecule has 160 valence electrons. The summed E-state index contributed by atoms with van der Waals surface area (Å²) in [5.74, 6) is 0.197. The van der Waals surface area contributed by atoms with E-state index in [-0.39, 0.29) is 17.2 Å². The fourth-order valence-corrected chi connectivity index (χ4v) is 4.05. The lowest BCUT2D eigenvalue weighted by Gasteiger charge is -2.14. The molecule has 0 N–H and O–H groups in total. The number of aromatic nitrogens is 4. The van der Waals surface area contributed by atoms with Crippen molar-refractivity contribution < 1.29 is 9.18 Å². The topological polar surface area (TPSA) is 77.7 Å². The molecule has 0 saturated heterocycles. The molecule has 2 heterocycles. The highest BCUT2D eigenvalue weighted by Crippen LogP contribution is 2.24. The third-order valence-electron chi connectivity index (χ3n) is 4.80. The fourth-order valence-electron chi connectivity index (χ4n) is 3.11. The van der Waals surface area contributed by atoms with Crippen LogP contribution in [0.15, 0.2) is 83.4 Å². The summed E-state index contributed by atoms with van der Waals surface area (Å²) in [6.45, 7) is 1.51. The van der Waals surface area contributed by atoms with Crippen LogP contribution < -0.4 is 5.56 Å². The Morgan fingerprint density at radius 3 is 2.34 bits per heavy atom. The molecule has 0 aliphatic rings. The Hall–Kier alpha value is -3.65. The summed E-state index contributed by atoms with van der Waals surface area (Å²) in [6, 6.07) is 13.3. The summed E-state index contributed by atoms with van der Waals surface area (Å²) in [6.07, 6.45) is 6.87. The van der Waals surface area contributed by atoms with Crippen molar-refractivity contribution >= 4 is 17.5 Å². The molecule has 32 heavy (non-hydrogen) atoms. The van der Waals surface area contributed by atoms with Crippen molar-refractivity contribution in [2.75, 3.05) is 0 Å². The minimum Gasteiger partial charge on any atom is -0.296 e. The lowest BCUT2D eigenvalue weighted by Crippen LogP contribution is -2.19. The highest BCUT2D eigenvalue weighted by molar-refractivity contribution is 7.98. The van der Waals surface area contributed by atoms with Crippen LogP contribution in [-0.2, 0) is 12.2 Å². The lowest BCUT2D eigenvalue weighted by atomic mass is 10.1. The van der Waals surface area contributed by atoms with Crippen molar-refractivity contribution in [3.63, 3.8) is 0 Å². The van der Waals surface area contributed by atoms with Crippen molar-refractivity contribution in [3.8, 4) is 5.69 Å². The molecular weight excluding hydrogens is 427 g/mol. The number of hydrogen-bond donors (Lipinski definition) is 0. The first kappa shape index (κ1) is 21.6. The Balaban J connectivity index is 1.71. The van der Waals surface area contributed by atoms with Gasteiger partial charge in [-0.1, -0.05) is 23.9 Å². The smallest absolute Gasteiger partial charge is 0.277 e. The monoisotopic (exact) mass is 446 g/mol. The molecule has 8 heteroatoms. The van der Waals surface area contributed by atoms with Gasteiger partial charge in [-0.2, -0.15) is 4.98 Å². The number of rotatable bonds is 7. The Labute approximate surface area is 188 Å². The maximum absolute atomic E-state index is 13.2. The Morgan fingerprint density at radius 2 is 1.69 bits per heavy atom. The largest absolute Gasteiger partial charge is 0.296 e. The van der Waals surface area contributed by atoms with Crippen molar-refractivity contribution in [2.24, 2.45) is 0 Å². The van der Waals surface area contributed by atoms with Crippen LogP contribution in [0.25, 0.3) is 5.69 Å². The number of halogens is 1. The van der Waals surface area contributed by atoms with Crippen LogP contribution in [0.4, 0.5) is 4.39 Å². The van der Waals surface area contributed by atoms with Crippen molar-refractivity contribution in [1.29, 1.82) is 0 Å². The van der Waals surface area contributed by atoms with Crippen LogP contribution in [-0.4, -0.2) is 25.3 Å². The highest BCUT2D eigenvalue weighted by atomic mass is 32.2. The van der Waals surface area contributed by atoms with Crippen LogP contribution >= 0.6 is 11.8 Å². The van der Waals surface area contributed by atoms with E-state index in [9.17, 15) is 14.0 Å². The first-order valence-corrected chi connectivity index (χ1v) is 10.8. The minimum atomic E-state index is -0.327. The molecule has 0 aliphatic heterocycles. The summed E-state index contributed by atoms with van der Waals surface area (Å²) >= 11 is 1.38. The maximum Gasteiger partial charge on any atom is 0.277 e. The molecule has 0 radical (unpaired) electrons. The van der Waals surface area contributed by atoms with E-state index >= 15 is 0 Å². The van der Waals surface area contributed by atoms with Gasteiger partial charge >= 0.3 is 0 Å². The molecule has 6 nitrogen and oxygen atoms in total. The van der Waals surface area contributed by atoms with Crippen molar-refractivity contribution in [3.05, 3.63) is 112 Å². The van der Waals surface area contributed by atoms with Gasteiger partial charge in [-0.3, -0.25) is 14.2 Å². The quantitative estimate of drug-likeness (QED) is 0.240. The Kier molecular flexibility index (Phi) is 6.51. The molecule has 0 amide bonds. The molecule has 4 rings (SSSR count). The average molecular weight is 447 g/mol. The zero-order valence-corrected chi connectivity index (χ0v) is 18.1. The summed E-state index contributed by atoms with van der Waals surface area (Å²) in [5.41, 5.74) is 3.26. The van der Waals surface area contributed by atoms with Gasteiger partial charge in [-0.15, -0.1) is 0 Å². The maximum atomic E-state index is 13.2. The van der Waals surface area contributed by atoms with Crippen LogP contribution in [0.3, 0.4) is 0 Å². The molecule has 0 aliphatic carbocycles. The molecule has 4 aromatic rings. The van der Waals surface area contributed by atoms with Crippen molar-refractivity contribution in [1.82, 2.24) is 19.5 Å². The molecule has 0 saturated carbocycles. The lowest BCUT2D eigenvalue weighted by molar-refractivity contribution is 0.101. The van der Waals surface area contributed by atoms with E-state index in [1.54, 1.807) is 42.9 Å². The van der Waals surface area contributed by atoms with Crippen LogP contribution in [0.1, 0.15) is 34.0 Å². The molecule has 0 atom stereocenters. The number of ketones is 1. The second-order valence-electron chi connectivity index (χ2n) is 7.17. The van der Waals surface area contributed by atoms with Crippen LogP contribution in [0.5, 0.6) is 0 Å². The number of nitrogens with zero attached hydrogens (tertiary/aromatic N) is 4. The summed E-state index contributed by atoms with van der Waals surface area (Å²) in [4.78, 5) is 36.7. The van der Waals surface area contributed by atoms with Gasteiger partial charge in [-0.05, 0) is 54.4 Å². The van der Waals surface area contributed by atoms with E-state index in [0.29, 0.717) is 28.5 Å². The first-order valence-electron chi connectivity index (χ1n) is 9.84. The minimum absolute atomic E-state index is 0.0229. The Bertz CT molecular complexity index is 1290. The van der Waals surface area contributed by atoms with Gasteiger partial charge in [0.25, 0.3) is 5.56 Å². The van der Waals surface area contributed by atoms with Crippen LogP contribution in [0, 0.1) is 5.82 Å². The number of benzene rings is 2. The van der Waals surface area contributed by atoms with Crippen LogP contribution in [0.2, 0.25) is 0 Å². The number of carbonyl (C=O) groups is 1. The third-order valence-corrected chi connectivity index (χ3v) is 5.83. The molecule has 0 fully saturated rings. The van der Waals surface area contributed by atoms with Gasteiger partial charge in [0, 0.05) is 47.6 Å². The molecule has 0 spiro atoms. The van der Waals surface area contributed by atoms with Gasteiger partial charge in [0.2, 0.25) is 0 Å². The van der Waals surface area contributed by atoms with Gasteiger partial charge < -0.3 is 0 Å². The van der Waals surface area contributed by atoms with Gasteiger partial charge in [0.1, 0.15) is 12.1 Å². The second kappa shape index (κ2) is 9.65. The van der Waals surface area contributed by atoms with E-state index in [1.165, 1.54) is 37.1 Å². The summed E-state index contributed by atoms with van der Waals surface area (Å²) in [5, 5.41) is 0.503. The zero-order chi connectivity index (χ0) is 22.5. The SMILES string of the molecule is CC(=O)c1ccc(-n2cc(Cc3cncnc3)c(=O)nc2SCc2ccc(F)cc2)cc1. The highest BCUT2D eigenvalue weighted by Gasteiger charge is 2.13. The standard InChI is InChI=1S/C24H19FN4O2S/c1-16(30)19-4-8-22(9-5-19)29-13-20(10-18-11-26-15-27-12-18)23(31)28-24(29)32-14-17-2-6-21(25)7-3-17/h2-9,11-13,15H,10,14H2,1H3. The van der Waals surface area contributed by atoms with E-state index in [2.05, 4.69) is 15.0 Å². The molecular formula is C24H19FN4O2S. The Morgan fingerprint density at radius 1 is 1.00 bits per heavy atom. The van der Waals surface area contributed by atoms with E-state index < -0.39 is 0 Å². The van der Waals surface area contributed by atoms with Gasteiger partial charge in [0.15, 0.2) is 10.9 Å². The fraction of sp³-hybridized carbons (Fsp3) is 0.125. The van der Waals surface area contributed by atoms with E-state index in [1.807, 2.05) is 16.7 Å². The second-order valence-corrected chi connectivity index (χ2v) is 8.11. The third kappa shape index (κ3) is 5.15. The molecule has 0 unspecified atom stereocenters. The average Bonchev–Trinajstić information content (AvgIpc) is 2.81. The first-order chi connectivity index (χ1) is 15.5. The molecule has 2 aromatic carbocycles. The summed E-state index contributed by atoms with van der Waals surface area (Å²) in [7, 11) is 0. The predicted molar refractivity (Wildman–Crippen MR) is 121 cm³/mol. The molecule has 2 aromatic heterocycles. The number of thioether (sulfide) groups is 1. The van der Waals surface area contributed by atoms with Crippen molar-refractivity contribution in [2.45, 2.75) is 24.3 Å².